The molecule has 3 fully saturated rings. The van der Waals surface area contributed by atoms with Crippen molar-refractivity contribution in [2.75, 3.05) is 41.7 Å². The van der Waals surface area contributed by atoms with Crippen LogP contribution in [0.25, 0.3) is 17.1 Å². The minimum Gasteiger partial charge on any atom is -0.710 e. The molecular weight excluding hydrogens is 496 g/mol. The number of rotatable bonds is 6. The van der Waals surface area contributed by atoms with Crippen LogP contribution in [0.2, 0.25) is 0 Å². The van der Waals surface area contributed by atoms with Crippen molar-refractivity contribution in [3.63, 3.8) is 0 Å². The zero-order chi connectivity index (χ0) is 25.6. The van der Waals surface area contributed by atoms with Crippen molar-refractivity contribution >= 4 is 23.3 Å². The van der Waals surface area contributed by atoms with Crippen LogP contribution in [0.5, 0.6) is 0 Å². The van der Waals surface area contributed by atoms with Gasteiger partial charge >= 0.3 is 0 Å². The Balaban J connectivity index is 1.25. The molecule has 1 saturated carbocycles. The van der Waals surface area contributed by atoms with Gasteiger partial charge in [0.25, 0.3) is 11.7 Å². The molecule has 3 aromatic rings. The number of aromatic nitrogens is 5. The minimum atomic E-state index is -2.67. The number of halogens is 2. The molecule has 1 spiro atoms. The zero-order valence-electron chi connectivity index (χ0n) is 20.9. The summed E-state index contributed by atoms with van der Waals surface area (Å²) in [6, 6.07) is 6.45. The fraction of sp³-hybridized carbons (Fsp3) is 0.538. The molecule has 0 N–H and O–H groups in total. The van der Waals surface area contributed by atoms with Crippen LogP contribution in [-0.2, 0) is 0 Å². The Bertz CT molecular complexity index is 1280. The summed E-state index contributed by atoms with van der Waals surface area (Å²) in [5, 5.41) is 21.4. The van der Waals surface area contributed by atoms with Crippen LogP contribution in [0.4, 0.5) is 20.3 Å². The van der Waals surface area contributed by atoms with Crippen LogP contribution in [0.1, 0.15) is 45.4 Å². The van der Waals surface area contributed by atoms with Crippen molar-refractivity contribution in [2.45, 2.75) is 56.3 Å². The Morgan fingerprint density at radius 1 is 0.973 bits per heavy atom. The van der Waals surface area contributed by atoms with Gasteiger partial charge in [-0.15, -0.1) is 16.9 Å². The Kier molecular flexibility index (Phi) is 6.21. The fourth-order valence-corrected chi connectivity index (χ4v) is 6.11. The molecule has 8 nitrogen and oxygen atoms in total. The molecule has 0 atom stereocenters. The Morgan fingerprint density at radius 3 is 2.38 bits per heavy atom. The van der Waals surface area contributed by atoms with E-state index < -0.39 is 5.92 Å². The predicted octanol–water partition coefficient (Wildman–Crippen LogP) is 4.69. The maximum Gasteiger partial charge on any atom is 0.298 e. The average molecular weight is 528 g/mol. The molecule has 0 radical (unpaired) electrons. The summed E-state index contributed by atoms with van der Waals surface area (Å²) in [5.74, 6) is -1.39. The fourth-order valence-electron chi connectivity index (χ4n) is 5.42. The van der Waals surface area contributed by atoms with Gasteiger partial charge in [0.1, 0.15) is 23.8 Å². The molecule has 3 aliphatic rings. The zero-order valence-corrected chi connectivity index (χ0v) is 21.8. The van der Waals surface area contributed by atoms with E-state index >= 15 is 0 Å². The van der Waals surface area contributed by atoms with Crippen LogP contribution in [-0.4, -0.2) is 57.8 Å². The monoisotopic (exact) mass is 527 g/mol. The number of piperidine rings is 2. The highest BCUT2D eigenvalue weighted by atomic mass is 32.2. The molecule has 196 valence electrons. The maximum absolute atomic E-state index is 13.5. The third-order valence-corrected chi connectivity index (χ3v) is 8.86. The molecule has 2 saturated heterocycles. The number of alkyl halides is 2. The van der Waals surface area contributed by atoms with Crippen molar-refractivity contribution in [3.8, 4) is 17.1 Å². The second kappa shape index (κ2) is 9.41. The molecule has 6 rings (SSSR count). The predicted molar refractivity (Wildman–Crippen MR) is 139 cm³/mol. The summed E-state index contributed by atoms with van der Waals surface area (Å²) < 4.78 is 29.5. The quantitative estimate of drug-likeness (QED) is 0.261. The second-order valence-electron chi connectivity index (χ2n) is 10.4. The first-order chi connectivity index (χ1) is 17.8. The maximum atomic E-state index is 13.5. The first-order valence-corrected chi connectivity index (χ1v) is 14.0. The van der Waals surface area contributed by atoms with E-state index in [9.17, 15) is 14.0 Å². The van der Waals surface area contributed by atoms with E-state index in [0.29, 0.717) is 21.5 Å². The lowest BCUT2D eigenvalue weighted by molar-refractivity contribution is -0.592. The van der Waals surface area contributed by atoms with E-state index in [-0.39, 0.29) is 31.7 Å². The molecule has 0 amide bonds. The summed E-state index contributed by atoms with van der Waals surface area (Å²) in [7, 11) is 0. The van der Waals surface area contributed by atoms with E-state index in [1.54, 1.807) is 15.8 Å². The smallest absolute Gasteiger partial charge is 0.298 e. The number of benzene rings is 1. The van der Waals surface area contributed by atoms with Gasteiger partial charge in [-0.25, -0.2) is 23.2 Å². The summed E-state index contributed by atoms with van der Waals surface area (Å²) in [6.07, 6.45) is 9.23. The van der Waals surface area contributed by atoms with Gasteiger partial charge in [-0.05, 0) is 55.1 Å². The second-order valence-corrected chi connectivity index (χ2v) is 11.8. The van der Waals surface area contributed by atoms with Crippen molar-refractivity contribution in [3.05, 3.63) is 42.0 Å². The lowest BCUT2D eigenvalue weighted by atomic mass is 9.93. The van der Waals surface area contributed by atoms with E-state index in [1.165, 1.54) is 43.0 Å². The number of hydrogen-bond donors (Lipinski definition) is 0. The van der Waals surface area contributed by atoms with Crippen LogP contribution in [0.3, 0.4) is 0 Å². The molecule has 0 bridgehead atoms. The third-order valence-electron chi connectivity index (χ3n) is 7.99. The normalized spacial score (nSPS) is 20.4. The van der Waals surface area contributed by atoms with Gasteiger partial charge in [0.2, 0.25) is 0 Å². The van der Waals surface area contributed by atoms with E-state index in [1.807, 2.05) is 11.8 Å². The summed E-state index contributed by atoms with van der Waals surface area (Å²) in [4.78, 5) is 9.77. The lowest BCUT2D eigenvalue weighted by Gasteiger charge is -2.35. The van der Waals surface area contributed by atoms with Crippen LogP contribution < -0.4 is 14.5 Å². The van der Waals surface area contributed by atoms with Crippen LogP contribution >= 0.6 is 11.8 Å². The van der Waals surface area contributed by atoms with Crippen molar-refractivity contribution < 1.29 is 13.5 Å². The Labute approximate surface area is 219 Å². The number of thioether (sulfide) groups is 1. The molecule has 4 heterocycles. The number of anilines is 2. The SMILES string of the molecule is CCSc1ccc(-n2cc(-c3c[n+]([O-])c(N4CCC(F)(F)CC4)cn3)nn2)c(N2CCC3(CC2)CC3)c1. The summed E-state index contributed by atoms with van der Waals surface area (Å²) in [5.41, 5.74) is 3.56. The molecule has 11 heteroatoms. The van der Waals surface area contributed by atoms with Gasteiger partial charge in [-0.2, -0.15) is 0 Å². The van der Waals surface area contributed by atoms with Gasteiger partial charge in [0.05, 0.1) is 30.7 Å². The van der Waals surface area contributed by atoms with Crippen molar-refractivity contribution in [1.29, 1.82) is 0 Å². The van der Waals surface area contributed by atoms with Crippen LogP contribution in [0.15, 0.2) is 41.7 Å². The highest BCUT2D eigenvalue weighted by Crippen LogP contribution is 2.54. The van der Waals surface area contributed by atoms with Gasteiger partial charge in [-0.1, -0.05) is 12.1 Å². The lowest BCUT2D eigenvalue weighted by Crippen LogP contribution is -2.45. The Morgan fingerprint density at radius 2 is 1.70 bits per heavy atom. The molecule has 0 unspecified atom stereocenters. The number of nitrogens with zero attached hydrogens (tertiary/aromatic N) is 7. The van der Waals surface area contributed by atoms with Gasteiger partial charge < -0.3 is 10.1 Å². The highest BCUT2D eigenvalue weighted by molar-refractivity contribution is 7.99. The molecule has 1 aliphatic carbocycles. The molecule has 37 heavy (non-hydrogen) atoms. The first kappa shape index (κ1) is 24.4. The summed E-state index contributed by atoms with van der Waals surface area (Å²) in [6.45, 7) is 4.48. The van der Waals surface area contributed by atoms with E-state index in [4.69, 9.17) is 0 Å². The summed E-state index contributed by atoms with van der Waals surface area (Å²) >= 11 is 1.82. The largest absolute Gasteiger partial charge is 0.710 e. The van der Waals surface area contributed by atoms with Crippen molar-refractivity contribution in [2.24, 2.45) is 5.41 Å². The standard InChI is InChI=1S/C26H31F2N7OS/c1-2-37-19-3-4-22(23(15-19)32-11-7-25(5-6-25)8-12-32)34-17-21(30-31-34)20-18-35(36)24(16-29-20)33-13-9-26(27,28)10-14-33/h3-4,15-18H,2,5-14H2,1H3. The molecule has 2 aromatic heterocycles. The average Bonchev–Trinajstić information content (AvgIpc) is 3.45. The molecule has 1 aromatic carbocycles. The van der Waals surface area contributed by atoms with E-state index in [0.717, 1.165) is 30.2 Å². The highest BCUT2D eigenvalue weighted by Gasteiger charge is 2.44. The van der Waals surface area contributed by atoms with Crippen molar-refractivity contribution in [1.82, 2.24) is 20.0 Å². The van der Waals surface area contributed by atoms with Crippen LogP contribution in [0, 0.1) is 10.6 Å². The third kappa shape index (κ3) is 4.97. The molecule has 2 aliphatic heterocycles. The Hall–Kier alpha value is -2.95. The van der Waals surface area contributed by atoms with Gasteiger partial charge in [-0.3, -0.25) is 4.90 Å². The van der Waals surface area contributed by atoms with E-state index in [2.05, 4.69) is 45.3 Å². The number of hydrogen-bond acceptors (Lipinski definition) is 7. The van der Waals surface area contributed by atoms with Gasteiger partial charge in [0.15, 0.2) is 0 Å². The van der Waals surface area contributed by atoms with Gasteiger partial charge in [0, 0.05) is 30.8 Å². The first-order valence-electron chi connectivity index (χ1n) is 13.0. The topological polar surface area (TPSA) is 77.0 Å². The molecular formula is C26H31F2N7OS. The minimum absolute atomic E-state index is 0.124.